The van der Waals surface area contributed by atoms with Crippen LogP contribution in [0.5, 0.6) is 11.5 Å². The average Bonchev–Trinajstić information content (AvgIpc) is 3.31. The zero-order valence-corrected chi connectivity index (χ0v) is 26.0. The number of aryl methyl sites for hydroxylation is 2. The van der Waals surface area contributed by atoms with Crippen molar-refractivity contribution in [3.05, 3.63) is 120 Å². The molecule has 1 atom stereocenters. The molecule has 0 saturated carbocycles. The SMILES string of the molecule is CCOC(=O)C1=C(C)N=c2s/c(=C\c3ccc(OCC(=O)Nc4ccc(C)cc4)c(OC)c3)c(=O)n2[C@@H]1c1ccc(C)cc1. The number of nitrogens with one attached hydrogen (secondary N) is 1. The van der Waals surface area contributed by atoms with Crippen molar-refractivity contribution in [3.63, 3.8) is 0 Å². The Hall–Kier alpha value is -4.96. The normalized spacial score (nSPS) is 14.5. The van der Waals surface area contributed by atoms with Gasteiger partial charge in [0, 0.05) is 5.69 Å². The molecule has 1 aromatic heterocycles. The Balaban J connectivity index is 1.45. The Kier molecular flexibility index (Phi) is 9.10. The second kappa shape index (κ2) is 13.1. The molecule has 4 aromatic rings. The minimum Gasteiger partial charge on any atom is -0.493 e. The minimum absolute atomic E-state index is 0.205. The maximum absolute atomic E-state index is 13.9. The number of hydrogen-bond donors (Lipinski definition) is 1. The second-order valence-electron chi connectivity index (χ2n) is 10.3. The zero-order chi connectivity index (χ0) is 31.4. The highest BCUT2D eigenvalue weighted by atomic mass is 32.1. The van der Waals surface area contributed by atoms with Gasteiger partial charge >= 0.3 is 5.97 Å². The number of benzene rings is 3. The first kappa shape index (κ1) is 30.5. The Bertz CT molecular complexity index is 1920. The third kappa shape index (κ3) is 6.50. The number of nitrogens with zero attached hydrogens (tertiary/aromatic N) is 2. The molecule has 1 aliphatic rings. The number of amides is 1. The first-order valence-electron chi connectivity index (χ1n) is 14.1. The number of aromatic nitrogens is 1. The van der Waals surface area contributed by atoms with Crippen molar-refractivity contribution >= 4 is 35.0 Å². The molecule has 2 heterocycles. The number of carbonyl (C=O) groups is 2. The number of thiazole rings is 1. The van der Waals surface area contributed by atoms with Crippen LogP contribution in [0.2, 0.25) is 0 Å². The van der Waals surface area contributed by atoms with Crippen LogP contribution in [0, 0.1) is 13.8 Å². The molecule has 0 saturated heterocycles. The number of fused-ring (bicyclic) bond motifs is 1. The van der Waals surface area contributed by atoms with Gasteiger partial charge in [-0.05, 0) is 69.2 Å². The van der Waals surface area contributed by atoms with E-state index < -0.39 is 12.0 Å². The summed E-state index contributed by atoms with van der Waals surface area (Å²) in [6, 6.07) is 19.7. The van der Waals surface area contributed by atoms with E-state index in [-0.39, 0.29) is 24.7 Å². The summed E-state index contributed by atoms with van der Waals surface area (Å²) in [5, 5.41) is 2.80. The first-order chi connectivity index (χ1) is 21.2. The van der Waals surface area contributed by atoms with Crippen molar-refractivity contribution in [2.24, 2.45) is 4.99 Å². The van der Waals surface area contributed by atoms with E-state index in [0.29, 0.717) is 43.4 Å². The molecule has 10 heteroatoms. The number of esters is 1. The average molecular weight is 612 g/mol. The fourth-order valence-electron chi connectivity index (χ4n) is 4.88. The van der Waals surface area contributed by atoms with Crippen LogP contribution >= 0.6 is 11.3 Å². The van der Waals surface area contributed by atoms with E-state index in [1.54, 1.807) is 42.7 Å². The van der Waals surface area contributed by atoms with Crippen molar-refractivity contribution in [2.45, 2.75) is 33.7 Å². The lowest BCUT2D eigenvalue weighted by molar-refractivity contribution is -0.139. The number of anilines is 1. The van der Waals surface area contributed by atoms with Gasteiger partial charge in [-0.1, -0.05) is 64.9 Å². The van der Waals surface area contributed by atoms with Gasteiger partial charge in [0.05, 0.1) is 35.6 Å². The second-order valence-corrected chi connectivity index (χ2v) is 11.3. The summed E-state index contributed by atoms with van der Waals surface area (Å²) < 4.78 is 18.6. The van der Waals surface area contributed by atoms with Gasteiger partial charge in [-0.15, -0.1) is 0 Å². The largest absolute Gasteiger partial charge is 0.493 e. The highest BCUT2D eigenvalue weighted by Gasteiger charge is 2.33. The van der Waals surface area contributed by atoms with Crippen molar-refractivity contribution in [3.8, 4) is 11.5 Å². The molecule has 0 unspecified atom stereocenters. The monoisotopic (exact) mass is 611 g/mol. The molecular formula is C34H33N3O6S. The summed E-state index contributed by atoms with van der Waals surface area (Å²) in [6.45, 7) is 7.46. The van der Waals surface area contributed by atoms with Gasteiger partial charge in [0.2, 0.25) is 0 Å². The smallest absolute Gasteiger partial charge is 0.338 e. The van der Waals surface area contributed by atoms with Gasteiger partial charge in [-0.25, -0.2) is 9.79 Å². The summed E-state index contributed by atoms with van der Waals surface area (Å²) in [5.74, 6) is -0.00458. The van der Waals surface area contributed by atoms with E-state index in [1.807, 2.05) is 62.4 Å². The van der Waals surface area contributed by atoms with Gasteiger partial charge in [-0.2, -0.15) is 0 Å². The zero-order valence-electron chi connectivity index (χ0n) is 25.2. The van der Waals surface area contributed by atoms with E-state index in [0.717, 1.165) is 16.7 Å². The minimum atomic E-state index is -0.676. The lowest BCUT2D eigenvalue weighted by Gasteiger charge is -2.24. The molecule has 1 aliphatic heterocycles. The summed E-state index contributed by atoms with van der Waals surface area (Å²) in [5.41, 5.74) is 4.89. The fourth-order valence-corrected chi connectivity index (χ4v) is 5.92. The quantitative estimate of drug-likeness (QED) is 0.281. The van der Waals surface area contributed by atoms with Gasteiger partial charge in [0.1, 0.15) is 0 Å². The molecule has 5 rings (SSSR count). The van der Waals surface area contributed by atoms with E-state index in [4.69, 9.17) is 14.2 Å². The molecule has 0 radical (unpaired) electrons. The van der Waals surface area contributed by atoms with E-state index >= 15 is 0 Å². The molecule has 226 valence electrons. The molecule has 0 aliphatic carbocycles. The van der Waals surface area contributed by atoms with E-state index in [1.165, 1.54) is 18.4 Å². The Morgan fingerprint density at radius 3 is 2.32 bits per heavy atom. The van der Waals surface area contributed by atoms with Crippen LogP contribution in [0.15, 0.2) is 87.8 Å². The van der Waals surface area contributed by atoms with Crippen molar-refractivity contribution in [1.29, 1.82) is 0 Å². The first-order valence-corrected chi connectivity index (χ1v) is 14.9. The topological polar surface area (TPSA) is 108 Å². The Morgan fingerprint density at radius 1 is 0.977 bits per heavy atom. The van der Waals surface area contributed by atoms with Crippen molar-refractivity contribution < 1.29 is 23.8 Å². The van der Waals surface area contributed by atoms with Gasteiger partial charge < -0.3 is 19.5 Å². The Morgan fingerprint density at radius 2 is 1.66 bits per heavy atom. The third-order valence-corrected chi connectivity index (χ3v) is 8.07. The molecule has 0 spiro atoms. The van der Waals surface area contributed by atoms with E-state index in [2.05, 4.69) is 10.3 Å². The van der Waals surface area contributed by atoms with Gasteiger partial charge in [0.25, 0.3) is 11.5 Å². The molecule has 44 heavy (non-hydrogen) atoms. The van der Waals surface area contributed by atoms with Crippen LogP contribution in [0.3, 0.4) is 0 Å². The van der Waals surface area contributed by atoms with Gasteiger partial charge in [-0.3, -0.25) is 14.2 Å². The van der Waals surface area contributed by atoms with Crippen LogP contribution in [-0.4, -0.2) is 36.8 Å². The highest BCUT2D eigenvalue weighted by Crippen LogP contribution is 2.31. The fraction of sp³-hybridized carbons (Fsp3) is 0.235. The third-order valence-electron chi connectivity index (χ3n) is 7.09. The lowest BCUT2D eigenvalue weighted by atomic mass is 9.95. The molecule has 0 bridgehead atoms. The van der Waals surface area contributed by atoms with Crippen LogP contribution < -0.4 is 29.7 Å². The molecule has 9 nitrogen and oxygen atoms in total. The predicted octanol–water partition coefficient (Wildman–Crippen LogP) is 4.44. The van der Waals surface area contributed by atoms with E-state index in [9.17, 15) is 14.4 Å². The molecule has 0 fully saturated rings. The molecular weight excluding hydrogens is 578 g/mol. The maximum Gasteiger partial charge on any atom is 0.338 e. The molecule has 1 amide bonds. The maximum atomic E-state index is 13.9. The van der Waals surface area contributed by atoms with Crippen LogP contribution in [-0.2, 0) is 14.3 Å². The Labute approximate surface area is 258 Å². The number of rotatable bonds is 9. The van der Waals surface area contributed by atoms with Crippen molar-refractivity contribution in [1.82, 2.24) is 4.57 Å². The summed E-state index contributed by atoms with van der Waals surface area (Å²) in [4.78, 5) is 44.5. The summed E-state index contributed by atoms with van der Waals surface area (Å²) >= 11 is 1.24. The number of hydrogen-bond acceptors (Lipinski definition) is 8. The van der Waals surface area contributed by atoms with Crippen molar-refractivity contribution in [2.75, 3.05) is 25.6 Å². The molecule has 1 N–H and O–H groups in total. The number of allylic oxidation sites excluding steroid dienone is 1. The lowest BCUT2D eigenvalue weighted by Crippen LogP contribution is -2.39. The summed E-state index contributed by atoms with van der Waals surface area (Å²) in [6.07, 6.45) is 1.75. The standard InChI is InChI=1S/C34H33N3O6S/c1-6-42-33(40)30-22(4)35-34-37(31(30)24-12-7-20(2)8-13-24)32(39)28(44-34)18-23-11-16-26(27(17-23)41-5)43-19-29(38)36-25-14-9-21(3)10-15-25/h7-18,31H,6,19H2,1-5H3,(H,36,38)/b28-18-/t31-/m1/s1. The number of ether oxygens (including phenoxy) is 3. The van der Waals surface area contributed by atoms with Gasteiger partial charge in [0.15, 0.2) is 22.9 Å². The number of carbonyl (C=O) groups excluding carboxylic acids is 2. The molecule has 3 aromatic carbocycles. The van der Waals surface area contributed by atoms with Crippen LogP contribution in [0.25, 0.3) is 6.08 Å². The predicted molar refractivity (Wildman–Crippen MR) is 170 cm³/mol. The number of methoxy groups -OCH3 is 1. The van der Waals surface area contributed by atoms with Crippen LogP contribution in [0.4, 0.5) is 5.69 Å². The summed E-state index contributed by atoms with van der Waals surface area (Å²) in [7, 11) is 1.51. The highest BCUT2D eigenvalue weighted by molar-refractivity contribution is 7.07. The van der Waals surface area contributed by atoms with Crippen LogP contribution in [0.1, 0.15) is 42.1 Å².